The maximum atomic E-state index is 14.2. The number of carboxylic acids is 1. The van der Waals surface area contributed by atoms with Crippen LogP contribution in [0, 0.1) is 11.8 Å². The molecule has 5 N–H and O–H groups in total. The molecule has 0 spiro atoms. The molecule has 0 bridgehead atoms. The zero-order chi connectivity index (χ0) is 64.7. The van der Waals surface area contributed by atoms with Gasteiger partial charge in [-0.15, -0.1) is 0 Å². The number of fused-ring (bicyclic) bond motifs is 6. The predicted molar refractivity (Wildman–Crippen MR) is 332 cm³/mol. The second-order valence-corrected chi connectivity index (χ2v) is 26.8. The quantitative estimate of drug-likeness (QED) is 0.0994. The molecule has 2 saturated carbocycles. The summed E-state index contributed by atoms with van der Waals surface area (Å²) in [5, 5.41) is 21.1. The first-order valence-electron chi connectivity index (χ1n) is 31.8. The number of nitrogens with zero attached hydrogens (tertiary/aromatic N) is 4. The summed E-state index contributed by atoms with van der Waals surface area (Å²) in [5.41, 5.74) is -0.0811. The molecule has 496 valence electrons. The van der Waals surface area contributed by atoms with Gasteiger partial charge in [-0.25, -0.2) is 28.8 Å². The first kappa shape index (κ1) is 68.7. The molecule has 91 heavy (non-hydrogen) atoms. The molecule has 0 radical (unpaired) electrons. The summed E-state index contributed by atoms with van der Waals surface area (Å²) < 4.78 is 27.9. The van der Waals surface area contributed by atoms with Crippen molar-refractivity contribution in [1.82, 2.24) is 40.9 Å². The summed E-state index contributed by atoms with van der Waals surface area (Å²) in [7, 11) is 0. The van der Waals surface area contributed by atoms with Crippen molar-refractivity contribution >= 4 is 59.9 Å². The Labute approximate surface area is 532 Å². The fraction of sp³-hybridized carbons (Fsp3) is 0.612. The molecule has 0 unspecified atom stereocenters. The van der Waals surface area contributed by atoms with Crippen LogP contribution in [0.1, 0.15) is 168 Å². The highest BCUT2D eigenvalue weighted by molar-refractivity contribution is 5.98. The number of carbonyl (C=O) groups is 10. The lowest BCUT2D eigenvalue weighted by Gasteiger charge is -2.30. The van der Waals surface area contributed by atoms with Crippen LogP contribution in [0.3, 0.4) is 0 Å². The largest absolute Gasteiger partial charge is 0.479 e. The zero-order valence-corrected chi connectivity index (χ0v) is 52.8. The van der Waals surface area contributed by atoms with Gasteiger partial charge < -0.3 is 59.9 Å². The molecule has 10 atom stereocenters. The number of aliphatic carboxylic acids is 1. The van der Waals surface area contributed by atoms with E-state index in [1.54, 1.807) is 58.3 Å². The zero-order valence-electron chi connectivity index (χ0n) is 52.8. The smallest absolute Gasteiger partial charge is 0.410 e. The number of benzene rings is 2. The normalized spacial score (nSPS) is 28.9. The molecule has 2 aromatic rings. The molecule has 2 saturated heterocycles. The average Bonchev–Trinajstić information content (AvgIpc) is 1.59. The summed E-state index contributed by atoms with van der Waals surface area (Å²) in [6.07, 6.45) is 11.1. The first-order chi connectivity index (χ1) is 42.8. The lowest BCUT2D eigenvalue weighted by atomic mass is 10.0. The fourth-order valence-electron chi connectivity index (χ4n) is 12.8. The van der Waals surface area contributed by atoms with Crippen molar-refractivity contribution in [3.63, 3.8) is 0 Å². The van der Waals surface area contributed by atoms with Crippen molar-refractivity contribution in [2.75, 3.05) is 19.7 Å². The van der Waals surface area contributed by atoms with E-state index in [2.05, 4.69) is 21.3 Å². The van der Waals surface area contributed by atoms with Crippen molar-refractivity contribution in [3.05, 3.63) is 95.1 Å². The van der Waals surface area contributed by atoms with Crippen LogP contribution >= 0.6 is 0 Å². The Morgan fingerprint density at radius 2 is 0.967 bits per heavy atom. The van der Waals surface area contributed by atoms with Crippen molar-refractivity contribution in [2.24, 2.45) is 11.8 Å². The number of hydrogen-bond acceptors (Lipinski definition) is 15. The Kier molecular flexibility index (Phi) is 21.9. The van der Waals surface area contributed by atoms with Crippen LogP contribution in [-0.4, -0.2) is 163 Å². The number of alkyl carbamates (subject to hydrolysis) is 2. The number of carboxylic acid groups (broad SMARTS) is 1. The minimum atomic E-state index is -1.45. The minimum absolute atomic E-state index is 0. The van der Waals surface area contributed by atoms with Crippen LogP contribution < -0.4 is 21.3 Å². The van der Waals surface area contributed by atoms with Gasteiger partial charge in [0.05, 0.1) is 19.7 Å². The Morgan fingerprint density at radius 1 is 0.582 bits per heavy atom. The van der Waals surface area contributed by atoms with E-state index in [9.17, 15) is 53.1 Å². The average molecular weight is 1270 g/mol. The standard InChI is InChI=1S/C34H46N4O8.C32H42N4O8.CH4/c1-5-44-30(41)34-18-24(34)15-9-7-6-8-10-16-26(35-31(42)46-33(2,3)4)29(40)38-21-25(17-27(38)28(39)36-34)45-32(43)37-19-22-13-11-12-14-23(22)20-37;1-31(2,3)44-29(41)33-24-14-8-6-4-5-7-13-22-16-32(22,28(39)40)34-26(37)25-15-23(19-36(25)27(24)38)43-30(42)35-17-20-11-9-10-12-21(20)18-35;/h9,11-15,24-27H,5-8,10,16-21H2,1-4H3,(H,35,42)(H,36,39);7,9-13,22-25H,4-6,8,14-19H2,1-3H3,(H,33,41)(H,34,37)(H,39,40);1H4/b15-9-;13-7-;/t24-,25-,26+,27+,34-;22-,23-,24+,25+,32-;/m11./s1. The van der Waals surface area contributed by atoms with Crippen LogP contribution in [-0.2, 0) is 78.6 Å². The third-order valence-corrected chi connectivity index (χ3v) is 17.6. The maximum Gasteiger partial charge on any atom is 0.410 e. The SMILES string of the molecule is C.CC(C)(C)OC(=O)N[C@H]1CCCCC/C=C\[C@@H]2C[C@@]2(C(=O)O)NC(=O)[C@@H]2C[C@@H](OC(=O)N3Cc4ccccc4C3)CN2C1=O.CCOC(=O)[C@@]12C[C@H]1/C=C\CCCCC[C@H](NC(=O)OC(C)(C)C)C(=O)N1C[C@H](OC(=O)N3Cc4ccccc4C3)C[C@H]1C(=O)N2. The maximum absolute atomic E-state index is 14.2. The summed E-state index contributed by atoms with van der Waals surface area (Å²) in [5.74, 6) is -4.37. The fourth-order valence-corrected chi connectivity index (χ4v) is 12.8. The van der Waals surface area contributed by atoms with Gasteiger partial charge in [0.25, 0.3) is 0 Å². The molecule has 6 heterocycles. The monoisotopic (exact) mass is 1260 g/mol. The highest BCUT2D eigenvalue weighted by atomic mass is 16.6. The second kappa shape index (κ2) is 29.0. The lowest BCUT2D eigenvalue weighted by Crippen LogP contribution is -2.56. The highest BCUT2D eigenvalue weighted by Crippen LogP contribution is 2.47. The van der Waals surface area contributed by atoms with Crippen LogP contribution in [0.2, 0.25) is 0 Å². The van der Waals surface area contributed by atoms with Gasteiger partial charge in [0.1, 0.15) is 58.7 Å². The summed E-state index contributed by atoms with van der Waals surface area (Å²) >= 11 is 0. The van der Waals surface area contributed by atoms with Gasteiger partial charge >= 0.3 is 36.3 Å². The number of ether oxygens (including phenoxy) is 5. The van der Waals surface area contributed by atoms with Crippen molar-refractivity contribution in [3.8, 4) is 0 Å². The lowest BCUT2D eigenvalue weighted by molar-refractivity contribution is -0.150. The molecule has 6 aliphatic heterocycles. The van der Waals surface area contributed by atoms with Crippen LogP contribution in [0.25, 0.3) is 0 Å². The number of nitrogens with one attached hydrogen (secondary N) is 4. The third kappa shape index (κ3) is 17.1. The van der Waals surface area contributed by atoms with Crippen molar-refractivity contribution < 1.29 is 76.7 Å². The van der Waals surface area contributed by atoms with Gasteiger partial charge in [-0.3, -0.25) is 29.0 Å². The second-order valence-electron chi connectivity index (χ2n) is 26.8. The minimum Gasteiger partial charge on any atom is -0.479 e. The summed E-state index contributed by atoms with van der Waals surface area (Å²) in [6.45, 7) is 13.8. The molecule has 10 rings (SSSR count). The number of hydrogen-bond donors (Lipinski definition) is 5. The van der Waals surface area contributed by atoms with Gasteiger partial charge in [-0.05, 0) is 122 Å². The van der Waals surface area contributed by atoms with Crippen molar-refractivity contribution in [2.45, 2.75) is 231 Å². The van der Waals surface area contributed by atoms with E-state index in [4.69, 9.17) is 23.7 Å². The molecule has 0 aromatic heterocycles. The van der Waals surface area contributed by atoms with Crippen LogP contribution in [0.4, 0.5) is 19.2 Å². The van der Waals surface area contributed by atoms with E-state index >= 15 is 0 Å². The molecule has 2 aromatic carbocycles. The Balaban J connectivity index is 0.000000232. The third-order valence-electron chi connectivity index (χ3n) is 17.6. The summed E-state index contributed by atoms with van der Waals surface area (Å²) in [4.78, 5) is 139. The molecule has 8 amide bonds. The number of amides is 8. The number of rotatable bonds is 7. The molecule has 4 fully saturated rings. The van der Waals surface area contributed by atoms with Crippen LogP contribution in [0.5, 0.6) is 0 Å². The Hall–Kier alpha value is -8.18. The van der Waals surface area contributed by atoms with Gasteiger partial charge in [0.15, 0.2) is 0 Å². The predicted octanol–water partition coefficient (Wildman–Crippen LogP) is 8.08. The Bertz CT molecular complexity index is 3070. The van der Waals surface area contributed by atoms with E-state index in [0.29, 0.717) is 58.3 Å². The van der Waals surface area contributed by atoms with Gasteiger partial charge in [-0.1, -0.05) is 106 Å². The van der Waals surface area contributed by atoms with Gasteiger partial charge in [0.2, 0.25) is 23.6 Å². The molecule has 24 nitrogen and oxygen atoms in total. The van der Waals surface area contributed by atoms with E-state index in [0.717, 1.165) is 60.8 Å². The number of carbonyl (C=O) groups excluding carboxylic acids is 9. The number of esters is 1. The molecule has 8 aliphatic rings. The van der Waals surface area contributed by atoms with E-state index in [1.165, 1.54) is 9.80 Å². The molecular formula is C67H92N8O16. The van der Waals surface area contributed by atoms with E-state index in [-0.39, 0.29) is 58.2 Å². The first-order valence-corrected chi connectivity index (χ1v) is 31.8. The topological polar surface area (TPSA) is 298 Å². The summed E-state index contributed by atoms with van der Waals surface area (Å²) in [6, 6.07) is 11.4. The van der Waals surface area contributed by atoms with Gasteiger partial charge in [-0.2, -0.15) is 0 Å². The van der Waals surface area contributed by atoms with Crippen molar-refractivity contribution in [1.29, 1.82) is 0 Å². The molecule has 24 heteroatoms. The van der Waals surface area contributed by atoms with E-state index in [1.807, 2.05) is 72.8 Å². The van der Waals surface area contributed by atoms with Crippen LogP contribution in [0.15, 0.2) is 72.8 Å². The number of allylic oxidation sites excluding steroid dienone is 2. The van der Waals surface area contributed by atoms with E-state index < -0.39 is 119 Å². The van der Waals surface area contributed by atoms with Gasteiger partial charge in [0, 0.05) is 50.9 Å². The highest BCUT2D eigenvalue weighted by Gasteiger charge is 2.63. The Morgan fingerprint density at radius 3 is 1.35 bits per heavy atom. The molecular weight excluding hydrogens is 1170 g/mol. The molecule has 2 aliphatic carbocycles.